The van der Waals surface area contributed by atoms with Gasteiger partial charge in [0.2, 0.25) is 0 Å². The van der Waals surface area contributed by atoms with Gasteiger partial charge in [-0.15, -0.1) is 0 Å². The molecule has 0 saturated heterocycles. The predicted molar refractivity (Wildman–Crippen MR) is 79.7 cm³/mol. The van der Waals surface area contributed by atoms with Crippen molar-refractivity contribution >= 4 is 31.9 Å². The molecule has 3 rings (SSSR count). The van der Waals surface area contributed by atoms with Crippen molar-refractivity contribution in [2.24, 2.45) is 0 Å². The number of aromatic amines is 1. The van der Waals surface area contributed by atoms with Gasteiger partial charge >= 0.3 is 0 Å². The van der Waals surface area contributed by atoms with Crippen molar-refractivity contribution in [2.75, 3.05) is 4.67 Å². The minimum Gasteiger partial charge on any atom is -0.359 e. The first-order valence-corrected chi connectivity index (χ1v) is 7.03. The number of amides is 1. The summed E-state index contributed by atoms with van der Waals surface area (Å²) in [5, 5.41) is 0. The average Bonchev–Trinajstić information content (AvgIpc) is 2.88. The van der Waals surface area contributed by atoms with Gasteiger partial charge in [0.05, 0.1) is 11.3 Å². The van der Waals surface area contributed by atoms with E-state index in [1.165, 1.54) is 4.67 Å². The molecule has 4 nitrogen and oxygen atoms in total. The Morgan fingerprint density at radius 2 is 2.00 bits per heavy atom. The van der Waals surface area contributed by atoms with Crippen LogP contribution in [-0.2, 0) is 9.36 Å². The molecule has 0 aliphatic carbocycles. The second-order valence-electron chi connectivity index (χ2n) is 4.82. The SMILES string of the molecule is Cc1cc(C)c(C=C2C(=O)N(P=O)c3ccccc32)[nH]1. The molecule has 0 radical (unpaired) electrons. The molecule has 0 spiro atoms. The van der Waals surface area contributed by atoms with E-state index < -0.39 is 0 Å². The highest BCUT2D eigenvalue weighted by atomic mass is 31.1. The first-order valence-electron chi connectivity index (χ1n) is 6.27. The van der Waals surface area contributed by atoms with Crippen LogP contribution in [0.3, 0.4) is 0 Å². The minimum atomic E-state index is -0.310. The molecule has 1 aromatic heterocycles. The van der Waals surface area contributed by atoms with Crippen LogP contribution < -0.4 is 4.67 Å². The number of H-pyrrole nitrogens is 1. The van der Waals surface area contributed by atoms with Crippen molar-refractivity contribution in [3.05, 3.63) is 52.8 Å². The van der Waals surface area contributed by atoms with E-state index >= 15 is 0 Å². The topological polar surface area (TPSA) is 53.2 Å². The number of carbonyl (C=O) groups excluding carboxylic acids is 1. The minimum absolute atomic E-state index is 0.241. The number of nitrogens with zero attached hydrogens (tertiary/aromatic N) is 1. The van der Waals surface area contributed by atoms with E-state index in [2.05, 4.69) is 4.98 Å². The Kier molecular flexibility index (Phi) is 3.03. The number of rotatable bonds is 2. The van der Waals surface area contributed by atoms with Gasteiger partial charge in [-0.2, -0.15) is 0 Å². The van der Waals surface area contributed by atoms with Crippen LogP contribution in [0.4, 0.5) is 5.69 Å². The largest absolute Gasteiger partial charge is 0.359 e. The van der Waals surface area contributed by atoms with Gasteiger partial charge in [-0.05, 0) is 37.6 Å². The summed E-state index contributed by atoms with van der Waals surface area (Å²) in [6.07, 6.45) is 1.83. The number of benzene rings is 1. The number of carbonyl (C=O) groups is 1. The summed E-state index contributed by atoms with van der Waals surface area (Å²) >= 11 is 0. The van der Waals surface area contributed by atoms with E-state index in [1.54, 1.807) is 6.07 Å². The summed E-state index contributed by atoms with van der Waals surface area (Å²) in [7, 11) is -0.310. The molecule has 1 aromatic carbocycles. The number of aromatic nitrogens is 1. The number of nitrogens with one attached hydrogen (secondary N) is 1. The van der Waals surface area contributed by atoms with Crippen molar-refractivity contribution in [2.45, 2.75) is 13.8 Å². The second kappa shape index (κ2) is 4.73. The molecule has 2 heterocycles. The Morgan fingerprint density at radius 3 is 2.65 bits per heavy atom. The molecule has 0 unspecified atom stereocenters. The first-order chi connectivity index (χ1) is 9.61. The highest BCUT2D eigenvalue weighted by Gasteiger charge is 2.32. The molecule has 0 bridgehead atoms. The third-order valence-corrected chi connectivity index (χ3v) is 3.97. The van der Waals surface area contributed by atoms with Crippen LogP contribution in [0, 0.1) is 13.8 Å². The Hall–Kier alpha value is -2.19. The van der Waals surface area contributed by atoms with E-state index in [-0.39, 0.29) is 14.5 Å². The van der Waals surface area contributed by atoms with Crippen LogP contribution >= 0.6 is 8.61 Å². The number of fused-ring (bicyclic) bond motifs is 1. The van der Waals surface area contributed by atoms with Crippen LogP contribution in [0.1, 0.15) is 22.5 Å². The van der Waals surface area contributed by atoms with Gasteiger partial charge in [-0.3, -0.25) is 4.79 Å². The van der Waals surface area contributed by atoms with Gasteiger partial charge in [0.25, 0.3) is 14.5 Å². The van der Waals surface area contributed by atoms with Crippen LogP contribution in [0.2, 0.25) is 0 Å². The van der Waals surface area contributed by atoms with Gasteiger partial charge in [-0.1, -0.05) is 18.2 Å². The molecule has 1 N–H and O–H groups in total. The number of para-hydroxylation sites is 1. The Balaban J connectivity index is 2.17. The molecular weight excluding hydrogens is 271 g/mol. The molecule has 2 aromatic rings. The fourth-order valence-electron chi connectivity index (χ4n) is 2.49. The molecule has 1 aliphatic heterocycles. The lowest BCUT2D eigenvalue weighted by atomic mass is 10.1. The molecule has 1 aliphatic rings. The third kappa shape index (κ3) is 1.89. The van der Waals surface area contributed by atoms with E-state index in [0.29, 0.717) is 11.3 Å². The quantitative estimate of drug-likeness (QED) is 0.675. The summed E-state index contributed by atoms with van der Waals surface area (Å²) in [5.41, 5.74) is 5.10. The van der Waals surface area contributed by atoms with Crippen molar-refractivity contribution in [1.82, 2.24) is 4.98 Å². The zero-order chi connectivity index (χ0) is 14.3. The third-order valence-electron chi connectivity index (χ3n) is 3.41. The maximum absolute atomic E-state index is 12.4. The molecule has 0 fully saturated rings. The Bertz CT molecular complexity index is 746. The zero-order valence-electron chi connectivity index (χ0n) is 11.2. The zero-order valence-corrected chi connectivity index (χ0v) is 12.1. The summed E-state index contributed by atoms with van der Waals surface area (Å²) in [5.74, 6) is -0.241. The van der Waals surface area contributed by atoms with Gasteiger partial charge in [0.15, 0.2) is 0 Å². The highest BCUT2D eigenvalue weighted by molar-refractivity contribution is 7.28. The summed E-state index contributed by atoms with van der Waals surface area (Å²) in [6.45, 7) is 3.97. The molecule has 0 atom stereocenters. The van der Waals surface area contributed by atoms with Gasteiger partial charge < -0.3 is 4.98 Å². The lowest BCUT2D eigenvalue weighted by molar-refractivity contribution is -0.111. The smallest absolute Gasteiger partial charge is 0.289 e. The van der Waals surface area contributed by atoms with Crippen molar-refractivity contribution in [3.63, 3.8) is 0 Å². The standard InChI is InChI=1S/C15H13N2O2P/c1-9-7-10(2)16-13(9)8-12-11-5-3-4-6-14(11)17(20-19)15(12)18/h3-8,16H,1-2H3. The van der Waals surface area contributed by atoms with Crippen molar-refractivity contribution in [3.8, 4) is 0 Å². The highest BCUT2D eigenvalue weighted by Crippen LogP contribution is 2.40. The number of hydrogen-bond acceptors (Lipinski definition) is 2. The second-order valence-corrected chi connectivity index (χ2v) is 5.39. The summed E-state index contributed by atoms with van der Waals surface area (Å²) in [4.78, 5) is 15.6. The van der Waals surface area contributed by atoms with E-state index in [0.717, 1.165) is 22.5 Å². The number of hydrogen-bond donors (Lipinski definition) is 1. The lowest BCUT2D eigenvalue weighted by Gasteiger charge is -2.04. The van der Waals surface area contributed by atoms with E-state index in [4.69, 9.17) is 0 Å². The van der Waals surface area contributed by atoms with Crippen LogP contribution in [-0.4, -0.2) is 10.9 Å². The Morgan fingerprint density at radius 1 is 1.25 bits per heavy atom. The molecule has 20 heavy (non-hydrogen) atoms. The summed E-state index contributed by atoms with van der Waals surface area (Å²) < 4.78 is 12.5. The van der Waals surface area contributed by atoms with Crippen LogP contribution in [0.5, 0.6) is 0 Å². The van der Waals surface area contributed by atoms with Crippen LogP contribution in [0.15, 0.2) is 30.3 Å². The maximum atomic E-state index is 12.4. The van der Waals surface area contributed by atoms with Crippen LogP contribution in [0.25, 0.3) is 11.6 Å². The van der Waals surface area contributed by atoms with Crippen molar-refractivity contribution in [1.29, 1.82) is 0 Å². The van der Waals surface area contributed by atoms with E-state index in [9.17, 15) is 9.36 Å². The Labute approximate surface area is 118 Å². The average molecular weight is 284 g/mol. The van der Waals surface area contributed by atoms with Gasteiger partial charge in [0.1, 0.15) is 0 Å². The molecule has 0 saturated carbocycles. The van der Waals surface area contributed by atoms with Gasteiger partial charge in [0, 0.05) is 17.0 Å². The molecule has 100 valence electrons. The molecule has 5 heteroatoms. The fraction of sp³-hybridized carbons (Fsp3) is 0.133. The maximum Gasteiger partial charge on any atom is 0.289 e. The normalized spacial score (nSPS) is 16.2. The number of anilines is 1. The first kappa shape index (κ1) is 12.8. The monoisotopic (exact) mass is 284 g/mol. The van der Waals surface area contributed by atoms with Gasteiger partial charge in [-0.25, -0.2) is 9.24 Å². The predicted octanol–water partition coefficient (Wildman–Crippen LogP) is 3.73. The molecule has 1 amide bonds. The fourth-order valence-corrected chi connectivity index (χ4v) is 2.93. The summed E-state index contributed by atoms with van der Waals surface area (Å²) in [6, 6.07) is 9.40. The molecular formula is C15H13N2O2P. The van der Waals surface area contributed by atoms with Crippen molar-refractivity contribution < 1.29 is 9.36 Å². The lowest BCUT2D eigenvalue weighted by Crippen LogP contribution is -2.14. The number of aryl methyl sites for hydroxylation is 2. The van der Waals surface area contributed by atoms with E-state index in [1.807, 2.05) is 44.2 Å².